The van der Waals surface area contributed by atoms with Gasteiger partial charge in [0.15, 0.2) is 5.65 Å². The highest BCUT2D eigenvalue weighted by Crippen LogP contribution is 2.22. The molecule has 0 radical (unpaired) electrons. The lowest BCUT2D eigenvalue weighted by Gasteiger charge is -2.04. The molecule has 6 nitrogen and oxygen atoms in total. The van der Waals surface area contributed by atoms with Crippen LogP contribution in [0.15, 0.2) is 12.4 Å². The third-order valence-corrected chi connectivity index (χ3v) is 2.91. The minimum absolute atomic E-state index is 0.0237. The van der Waals surface area contributed by atoms with E-state index in [-0.39, 0.29) is 11.3 Å². The van der Waals surface area contributed by atoms with Gasteiger partial charge in [-0.1, -0.05) is 19.8 Å². The van der Waals surface area contributed by atoms with E-state index in [1.54, 1.807) is 10.9 Å². The van der Waals surface area contributed by atoms with Crippen LogP contribution >= 0.6 is 0 Å². The van der Waals surface area contributed by atoms with Gasteiger partial charge in [-0.3, -0.25) is 0 Å². The number of aromatic carboxylic acids is 1. The highest BCUT2D eigenvalue weighted by Gasteiger charge is 2.14. The zero-order valence-electron chi connectivity index (χ0n) is 10.3. The fourth-order valence-corrected chi connectivity index (χ4v) is 1.89. The van der Waals surface area contributed by atoms with Crippen molar-refractivity contribution >= 4 is 22.7 Å². The minimum atomic E-state index is -1.07. The maximum absolute atomic E-state index is 10.9. The van der Waals surface area contributed by atoms with E-state index in [1.807, 2.05) is 0 Å². The average molecular weight is 248 g/mol. The van der Waals surface area contributed by atoms with Crippen LogP contribution in [-0.4, -0.2) is 25.8 Å². The van der Waals surface area contributed by atoms with E-state index in [0.717, 1.165) is 25.8 Å². The number of aryl methyl sites for hydroxylation is 1. The van der Waals surface area contributed by atoms with Crippen molar-refractivity contribution in [1.82, 2.24) is 14.8 Å². The number of nitrogens with two attached hydrogens (primary N) is 1. The fourth-order valence-electron chi connectivity index (χ4n) is 1.89. The Bertz CT molecular complexity index is 577. The Labute approximate surface area is 104 Å². The third kappa shape index (κ3) is 2.13. The Morgan fingerprint density at radius 3 is 2.89 bits per heavy atom. The SMILES string of the molecule is CCCCCn1ncc2c(N)c(C(=O)O)cnc21. The first-order valence-electron chi connectivity index (χ1n) is 5.98. The third-order valence-electron chi connectivity index (χ3n) is 2.91. The van der Waals surface area contributed by atoms with Gasteiger partial charge in [-0.25, -0.2) is 14.5 Å². The Morgan fingerprint density at radius 1 is 1.44 bits per heavy atom. The van der Waals surface area contributed by atoms with Crippen LogP contribution in [0.2, 0.25) is 0 Å². The molecule has 0 bridgehead atoms. The van der Waals surface area contributed by atoms with Gasteiger partial charge in [0, 0.05) is 12.7 Å². The van der Waals surface area contributed by atoms with Crippen LogP contribution in [0.3, 0.4) is 0 Å². The van der Waals surface area contributed by atoms with Crippen LogP contribution in [0, 0.1) is 0 Å². The van der Waals surface area contributed by atoms with E-state index in [9.17, 15) is 4.79 Å². The predicted octanol–water partition coefficient (Wildman–Crippen LogP) is 1.90. The van der Waals surface area contributed by atoms with E-state index < -0.39 is 5.97 Å². The van der Waals surface area contributed by atoms with Crippen molar-refractivity contribution < 1.29 is 9.90 Å². The number of pyridine rings is 1. The van der Waals surface area contributed by atoms with Crippen molar-refractivity contribution in [3.63, 3.8) is 0 Å². The molecule has 0 aliphatic rings. The van der Waals surface area contributed by atoms with Crippen molar-refractivity contribution in [2.75, 3.05) is 5.73 Å². The normalized spacial score (nSPS) is 10.9. The highest BCUT2D eigenvalue weighted by molar-refractivity contribution is 6.02. The number of unbranched alkanes of at least 4 members (excludes halogenated alkanes) is 2. The number of rotatable bonds is 5. The smallest absolute Gasteiger partial charge is 0.339 e. The van der Waals surface area contributed by atoms with E-state index in [1.165, 1.54) is 6.20 Å². The first kappa shape index (κ1) is 12.3. The monoisotopic (exact) mass is 248 g/mol. The van der Waals surface area contributed by atoms with Crippen molar-refractivity contribution in [3.05, 3.63) is 18.0 Å². The van der Waals surface area contributed by atoms with Gasteiger partial charge >= 0.3 is 5.97 Å². The van der Waals surface area contributed by atoms with Crippen molar-refractivity contribution in [2.45, 2.75) is 32.7 Å². The van der Waals surface area contributed by atoms with Gasteiger partial charge in [0.1, 0.15) is 5.56 Å². The topological polar surface area (TPSA) is 94.0 Å². The lowest BCUT2D eigenvalue weighted by Crippen LogP contribution is -2.05. The first-order chi connectivity index (χ1) is 8.65. The Kier molecular flexibility index (Phi) is 3.45. The fraction of sp³-hybridized carbons (Fsp3) is 0.417. The number of carboxylic acid groups (broad SMARTS) is 1. The number of carboxylic acids is 1. The van der Waals surface area contributed by atoms with Gasteiger partial charge < -0.3 is 10.8 Å². The van der Waals surface area contributed by atoms with Gasteiger partial charge in [-0.15, -0.1) is 0 Å². The zero-order valence-corrected chi connectivity index (χ0v) is 10.3. The van der Waals surface area contributed by atoms with Crippen molar-refractivity contribution in [1.29, 1.82) is 0 Å². The number of hydrogen-bond acceptors (Lipinski definition) is 4. The van der Waals surface area contributed by atoms with E-state index in [4.69, 9.17) is 10.8 Å². The standard InChI is InChI=1S/C12H16N4O2/c1-2-3-4-5-16-11-8(7-15-16)10(13)9(6-14-11)12(17)18/h6-7H,2-5H2,1H3,(H2,13,14)(H,17,18). The molecule has 0 fully saturated rings. The van der Waals surface area contributed by atoms with Crippen LogP contribution in [0.5, 0.6) is 0 Å². The minimum Gasteiger partial charge on any atom is -0.478 e. The van der Waals surface area contributed by atoms with Gasteiger partial charge in [-0.05, 0) is 6.42 Å². The molecule has 0 spiro atoms. The molecule has 0 aliphatic carbocycles. The summed E-state index contributed by atoms with van der Waals surface area (Å²) in [7, 11) is 0. The molecule has 0 unspecified atom stereocenters. The summed E-state index contributed by atoms with van der Waals surface area (Å²) in [4.78, 5) is 15.1. The second kappa shape index (κ2) is 5.03. The van der Waals surface area contributed by atoms with Gasteiger partial charge in [0.2, 0.25) is 0 Å². The molecule has 2 heterocycles. The molecule has 2 aromatic heterocycles. The van der Waals surface area contributed by atoms with E-state index in [2.05, 4.69) is 17.0 Å². The number of nitrogens with zero attached hydrogens (tertiary/aromatic N) is 3. The van der Waals surface area contributed by atoms with Crippen LogP contribution in [0.1, 0.15) is 36.5 Å². The second-order valence-corrected chi connectivity index (χ2v) is 4.20. The second-order valence-electron chi connectivity index (χ2n) is 4.20. The van der Waals surface area contributed by atoms with E-state index in [0.29, 0.717) is 11.0 Å². The van der Waals surface area contributed by atoms with Crippen LogP contribution in [-0.2, 0) is 6.54 Å². The van der Waals surface area contributed by atoms with Gasteiger partial charge in [-0.2, -0.15) is 5.10 Å². The summed E-state index contributed by atoms with van der Waals surface area (Å²) >= 11 is 0. The molecular weight excluding hydrogens is 232 g/mol. The Balaban J connectivity index is 2.37. The summed E-state index contributed by atoms with van der Waals surface area (Å²) < 4.78 is 1.77. The lowest BCUT2D eigenvalue weighted by molar-refractivity contribution is 0.0698. The van der Waals surface area contributed by atoms with Crippen molar-refractivity contribution in [3.8, 4) is 0 Å². The number of nitrogen functional groups attached to an aromatic ring is 1. The molecule has 2 rings (SSSR count). The lowest BCUT2D eigenvalue weighted by atomic mass is 10.2. The molecule has 6 heteroatoms. The maximum Gasteiger partial charge on any atom is 0.339 e. The van der Waals surface area contributed by atoms with Crippen LogP contribution in [0.25, 0.3) is 11.0 Å². The first-order valence-corrected chi connectivity index (χ1v) is 5.98. The van der Waals surface area contributed by atoms with Crippen LogP contribution in [0.4, 0.5) is 5.69 Å². The quantitative estimate of drug-likeness (QED) is 0.788. The molecule has 0 aromatic carbocycles. The number of carbonyl (C=O) groups is 1. The Hall–Kier alpha value is -2.11. The molecule has 2 aromatic rings. The molecule has 0 saturated heterocycles. The average Bonchev–Trinajstić information content (AvgIpc) is 2.74. The number of aromatic nitrogens is 3. The molecular formula is C12H16N4O2. The molecule has 96 valence electrons. The molecule has 18 heavy (non-hydrogen) atoms. The zero-order chi connectivity index (χ0) is 13.1. The summed E-state index contributed by atoms with van der Waals surface area (Å²) in [5.74, 6) is -1.07. The van der Waals surface area contributed by atoms with Gasteiger partial charge in [0.25, 0.3) is 0 Å². The van der Waals surface area contributed by atoms with Gasteiger partial charge in [0.05, 0.1) is 17.3 Å². The molecule has 0 atom stereocenters. The summed E-state index contributed by atoms with van der Waals surface area (Å²) in [5.41, 5.74) is 6.72. The largest absolute Gasteiger partial charge is 0.478 e. The van der Waals surface area contributed by atoms with Crippen molar-refractivity contribution in [2.24, 2.45) is 0 Å². The summed E-state index contributed by atoms with van der Waals surface area (Å²) in [6.07, 6.45) is 6.16. The summed E-state index contributed by atoms with van der Waals surface area (Å²) in [5, 5.41) is 13.8. The summed E-state index contributed by atoms with van der Waals surface area (Å²) in [6.45, 7) is 2.91. The number of hydrogen-bond donors (Lipinski definition) is 2. The van der Waals surface area contributed by atoms with Crippen LogP contribution < -0.4 is 5.73 Å². The maximum atomic E-state index is 10.9. The molecule has 0 amide bonds. The summed E-state index contributed by atoms with van der Waals surface area (Å²) in [6, 6.07) is 0. The number of anilines is 1. The Morgan fingerprint density at radius 2 is 2.22 bits per heavy atom. The molecule has 0 saturated carbocycles. The number of fused-ring (bicyclic) bond motifs is 1. The molecule has 0 aliphatic heterocycles. The molecule has 3 N–H and O–H groups in total. The predicted molar refractivity (Wildman–Crippen MR) is 68.4 cm³/mol. The highest BCUT2D eigenvalue weighted by atomic mass is 16.4. The van der Waals surface area contributed by atoms with E-state index >= 15 is 0 Å².